The lowest BCUT2D eigenvalue weighted by atomic mass is 10.2. The zero-order chi connectivity index (χ0) is 19.8. The van der Waals surface area contributed by atoms with E-state index >= 15 is 0 Å². The minimum absolute atomic E-state index is 0.0664. The van der Waals surface area contributed by atoms with E-state index in [1.54, 1.807) is 55.5 Å². The van der Waals surface area contributed by atoms with Crippen molar-refractivity contribution in [3.63, 3.8) is 0 Å². The van der Waals surface area contributed by atoms with Crippen LogP contribution in [-0.2, 0) is 4.74 Å². The second-order valence-corrected chi connectivity index (χ2v) is 6.31. The molecule has 2 aromatic rings. The van der Waals surface area contributed by atoms with Crippen LogP contribution >= 0.6 is 12.2 Å². The minimum atomic E-state index is -0.384. The van der Waals surface area contributed by atoms with E-state index in [0.717, 1.165) is 0 Å². The van der Waals surface area contributed by atoms with Gasteiger partial charge in [-0.25, -0.2) is 4.79 Å². The molecule has 0 saturated carbocycles. The van der Waals surface area contributed by atoms with Gasteiger partial charge in [-0.05, 0) is 81.5 Å². The summed E-state index contributed by atoms with van der Waals surface area (Å²) in [4.78, 5) is 23.9. The van der Waals surface area contributed by atoms with E-state index in [1.807, 2.05) is 13.8 Å². The van der Waals surface area contributed by atoms with Crippen LogP contribution < -0.4 is 15.4 Å². The van der Waals surface area contributed by atoms with Crippen LogP contribution in [0.15, 0.2) is 48.5 Å². The van der Waals surface area contributed by atoms with Gasteiger partial charge in [-0.1, -0.05) is 0 Å². The van der Waals surface area contributed by atoms with Crippen LogP contribution in [0.25, 0.3) is 0 Å². The van der Waals surface area contributed by atoms with Crippen molar-refractivity contribution in [2.45, 2.75) is 26.9 Å². The molecule has 0 fully saturated rings. The van der Waals surface area contributed by atoms with Gasteiger partial charge >= 0.3 is 5.97 Å². The van der Waals surface area contributed by atoms with Gasteiger partial charge in [0.25, 0.3) is 5.91 Å². The molecule has 0 aliphatic carbocycles. The topological polar surface area (TPSA) is 76.7 Å². The van der Waals surface area contributed by atoms with Crippen molar-refractivity contribution in [2.24, 2.45) is 0 Å². The monoisotopic (exact) mass is 386 g/mol. The van der Waals surface area contributed by atoms with E-state index in [1.165, 1.54) is 0 Å². The lowest BCUT2D eigenvalue weighted by molar-refractivity contribution is 0.0526. The van der Waals surface area contributed by atoms with Crippen LogP contribution in [-0.4, -0.2) is 29.7 Å². The number of ether oxygens (including phenoxy) is 2. The van der Waals surface area contributed by atoms with Crippen molar-refractivity contribution in [2.75, 3.05) is 11.9 Å². The van der Waals surface area contributed by atoms with Gasteiger partial charge in [0.05, 0.1) is 18.3 Å². The van der Waals surface area contributed by atoms with Crippen LogP contribution in [0.3, 0.4) is 0 Å². The Labute approximate surface area is 163 Å². The average Bonchev–Trinajstić information content (AvgIpc) is 2.62. The molecule has 2 N–H and O–H groups in total. The Kier molecular flexibility index (Phi) is 7.31. The Morgan fingerprint density at radius 3 is 2.15 bits per heavy atom. The number of hydrogen-bond donors (Lipinski definition) is 2. The number of hydrogen-bond acceptors (Lipinski definition) is 5. The summed E-state index contributed by atoms with van der Waals surface area (Å²) in [6.45, 7) is 5.94. The molecule has 0 spiro atoms. The summed E-state index contributed by atoms with van der Waals surface area (Å²) in [5.41, 5.74) is 1.56. The van der Waals surface area contributed by atoms with Crippen molar-refractivity contribution in [1.82, 2.24) is 5.32 Å². The van der Waals surface area contributed by atoms with E-state index in [4.69, 9.17) is 21.7 Å². The van der Waals surface area contributed by atoms with Crippen LogP contribution in [0.2, 0.25) is 0 Å². The Hall–Kier alpha value is -2.93. The van der Waals surface area contributed by atoms with Crippen LogP contribution in [0.1, 0.15) is 41.5 Å². The van der Waals surface area contributed by atoms with E-state index in [2.05, 4.69) is 10.6 Å². The fourth-order valence-corrected chi connectivity index (χ4v) is 2.41. The summed E-state index contributed by atoms with van der Waals surface area (Å²) >= 11 is 5.16. The molecule has 0 radical (unpaired) electrons. The summed E-state index contributed by atoms with van der Waals surface area (Å²) in [7, 11) is 0. The Morgan fingerprint density at radius 1 is 1.00 bits per heavy atom. The highest BCUT2D eigenvalue weighted by atomic mass is 32.1. The van der Waals surface area contributed by atoms with Crippen molar-refractivity contribution in [3.05, 3.63) is 59.7 Å². The first-order valence-corrected chi connectivity index (χ1v) is 8.96. The summed E-state index contributed by atoms with van der Waals surface area (Å²) in [5.74, 6) is -0.0134. The van der Waals surface area contributed by atoms with E-state index in [0.29, 0.717) is 29.2 Å². The molecule has 0 aliphatic rings. The SMILES string of the molecule is CCOC(=O)c1ccc(NC(=S)NC(=O)c2ccc(OC(C)C)cc2)cc1. The molecule has 6 nitrogen and oxygen atoms in total. The van der Waals surface area contributed by atoms with Crippen molar-refractivity contribution in [3.8, 4) is 5.75 Å². The normalized spacial score (nSPS) is 10.2. The number of thiocarbonyl (C=S) groups is 1. The fourth-order valence-electron chi connectivity index (χ4n) is 2.20. The quantitative estimate of drug-likeness (QED) is 0.581. The van der Waals surface area contributed by atoms with E-state index < -0.39 is 0 Å². The molecule has 27 heavy (non-hydrogen) atoms. The number of amides is 1. The molecule has 7 heteroatoms. The molecule has 0 bridgehead atoms. The molecule has 1 amide bonds. The highest BCUT2D eigenvalue weighted by Gasteiger charge is 2.10. The van der Waals surface area contributed by atoms with E-state index in [9.17, 15) is 9.59 Å². The maximum Gasteiger partial charge on any atom is 0.338 e. The van der Waals surface area contributed by atoms with Gasteiger partial charge < -0.3 is 14.8 Å². The maximum absolute atomic E-state index is 12.3. The number of benzene rings is 2. The number of carbonyl (C=O) groups is 2. The molecule has 0 atom stereocenters. The molecule has 2 rings (SSSR count). The van der Waals surface area contributed by atoms with Crippen molar-refractivity contribution < 1.29 is 19.1 Å². The Bertz CT molecular complexity index is 802. The number of rotatable bonds is 6. The number of nitrogens with one attached hydrogen (secondary N) is 2. The first-order chi connectivity index (χ1) is 12.9. The fraction of sp³-hybridized carbons (Fsp3) is 0.250. The van der Waals surface area contributed by atoms with Crippen LogP contribution in [0.4, 0.5) is 5.69 Å². The predicted octanol–water partition coefficient (Wildman–Crippen LogP) is 3.78. The standard InChI is InChI=1S/C20H22N2O4S/c1-4-25-19(24)15-5-9-16(10-6-15)21-20(27)22-18(23)14-7-11-17(12-8-14)26-13(2)3/h5-13H,4H2,1-3H3,(H2,21,22,23,27). The number of carbonyl (C=O) groups excluding carboxylic acids is 2. The Balaban J connectivity index is 1.91. The largest absolute Gasteiger partial charge is 0.491 e. The van der Waals surface area contributed by atoms with Crippen LogP contribution in [0, 0.1) is 0 Å². The molecular formula is C20H22N2O4S. The smallest absolute Gasteiger partial charge is 0.338 e. The molecule has 142 valence electrons. The van der Waals surface area contributed by atoms with Gasteiger partial charge in [-0.2, -0.15) is 0 Å². The molecule has 0 aromatic heterocycles. The number of esters is 1. The predicted molar refractivity (Wildman–Crippen MR) is 108 cm³/mol. The third kappa shape index (κ3) is 6.38. The molecule has 0 heterocycles. The second kappa shape index (κ2) is 9.68. The first-order valence-electron chi connectivity index (χ1n) is 8.55. The summed E-state index contributed by atoms with van der Waals surface area (Å²) in [6, 6.07) is 13.4. The Morgan fingerprint density at radius 2 is 1.59 bits per heavy atom. The third-order valence-corrected chi connectivity index (χ3v) is 3.57. The zero-order valence-corrected chi connectivity index (χ0v) is 16.3. The van der Waals surface area contributed by atoms with Gasteiger partial charge in [-0.15, -0.1) is 0 Å². The third-order valence-electron chi connectivity index (χ3n) is 3.37. The summed E-state index contributed by atoms with van der Waals surface area (Å²) in [5, 5.41) is 5.67. The average molecular weight is 386 g/mol. The first kappa shape index (κ1) is 20.4. The zero-order valence-electron chi connectivity index (χ0n) is 15.4. The maximum atomic E-state index is 12.3. The van der Waals surface area contributed by atoms with E-state index in [-0.39, 0.29) is 23.1 Å². The molecule has 0 unspecified atom stereocenters. The number of anilines is 1. The van der Waals surface area contributed by atoms with Gasteiger partial charge in [-0.3, -0.25) is 10.1 Å². The minimum Gasteiger partial charge on any atom is -0.491 e. The second-order valence-electron chi connectivity index (χ2n) is 5.90. The molecule has 2 aromatic carbocycles. The van der Waals surface area contributed by atoms with Gasteiger partial charge in [0, 0.05) is 11.3 Å². The lowest BCUT2D eigenvalue weighted by Crippen LogP contribution is -2.34. The summed E-state index contributed by atoms with van der Waals surface area (Å²) < 4.78 is 10.5. The van der Waals surface area contributed by atoms with Gasteiger partial charge in [0.2, 0.25) is 0 Å². The van der Waals surface area contributed by atoms with Gasteiger partial charge in [0.15, 0.2) is 5.11 Å². The van der Waals surface area contributed by atoms with Crippen molar-refractivity contribution >= 4 is 34.9 Å². The summed E-state index contributed by atoms with van der Waals surface area (Å²) in [6.07, 6.45) is 0.0664. The molecule has 0 saturated heterocycles. The molecular weight excluding hydrogens is 364 g/mol. The van der Waals surface area contributed by atoms with Gasteiger partial charge in [0.1, 0.15) is 5.75 Å². The highest BCUT2D eigenvalue weighted by Crippen LogP contribution is 2.14. The van der Waals surface area contributed by atoms with Crippen LogP contribution in [0.5, 0.6) is 5.75 Å². The molecule has 0 aliphatic heterocycles. The lowest BCUT2D eigenvalue weighted by Gasteiger charge is -2.11. The highest BCUT2D eigenvalue weighted by molar-refractivity contribution is 7.80. The van der Waals surface area contributed by atoms with Crippen molar-refractivity contribution in [1.29, 1.82) is 0 Å².